The Morgan fingerprint density at radius 1 is 1.00 bits per heavy atom. The molecule has 2 nitrogen and oxygen atoms in total. The molecule has 1 aromatic rings. The van der Waals surface area contributed by atoms with Gasteiger partial charge in [0.25, 0.3) is 0 Å². The predicted octanol–water partition coefficient (Wildman–Crippen LogP) is 3.14. The van der Waals surface area contributed by atoms with Crippen molar-refractivity contribution < 1.29 is 13.9 Å². The summed E-state index contributed by atoms with van der Waals surface area (Å²) in [4.78, 5) is 0. The van der Waals surface area contributed by atoms with Gasteiger partial charge in [0, 0.05) is 11.6 Å². The molecule has 0 aliphatic rings. The number of hydrogen-bond acceptors (Lipinski definition) is 2. The zero-order valence-corrected chi connectivity index (χ0v) is 9.85. The van der Waals surface area contributed by atoms with E-state index in [1.165, 1.54) is 13.2 Å². The summed E-state index contributed by atoms with van der Waals surface area (Å²) in [6.45, 7) is 6.03. The second-order valence-corrected chi connectivity index (χ2v) is 4.44. The summed E-state index contributed by atoms with van der Waals surface area (Å²) in [5.74, 6) is 0.504. The highest BCUT2D eigenvalue weighted by atomic mass is 19.1. The first-order valence-corrected chi connectivity index (χ1v) is 4.82. The van der Waals surface area contributed by atoms with Crippen LogP contribution in [0.4, 0.5) is 4.39 Å². The number of methoxy groups -OCH3 is 2. The number of ether oxygens (including phenoxy) is 2. The van der Waals surface area contributed by atoms with Crippen molar-refractivity contribution in [2.24, 2.45) is 0 Å². The number of rotatable bonds is 2. The van der Waals surface area contributed by atoms with Crippen molar-refractivity contribution in [2.45, 2.75) is 26.2 Å². The van der Waals surface area contributed by atoms with Gasteiger partial charge in [-0.05, 0) is 11.5 Å². The minimum absolute atomic E-state index is 0.154. The lowest BCUT2D eigenvalue weighted by molar-refractivity contribution is 0.365. The van der Waals surface area contributed by atoms with Gasteiger partial charge in [0.1, 0.15) is 5.75 Å². The minimum Gasteiger partial charge on any atom is -0.496 e. The largest absolute Gasteiger partial charge is 0.496 e. The molecule has 3 heteroatoms. The molecule has 0 aromatic heterocycles. The van der Waals surface area contributed by atoms with Crippen LogP contribution in [0.5, 0.6) is 11.5 Å². The van der Waals surface area contributed by atoms with Crippen LogP contribution in [-0.4, -0.2) is 14.2 Å². The Labute approximate surface area is 90.0 Å². The van der Waals surface area contributed by atoms with E-state index in [2.05, 4.69) is 0 Å². The van der Waals surface area contributed by atoms with E-state index in [1.807, 2.05) is 20.8 Å². The molecule has 15 heavy (non-hydrogen) atoms. The third-order valence-electron chi connectivity index (χ3n) is 2.28. The lowest BCUT2D eigenvalue weighted by Crippen LogP contribution is -2.13. The Morgan fingerprint density at radius 3 is 1.93 bits per heavy atom. The van der Waals surface area contributed by atoms with E-state index in [9.17, 15) is 4.39 Å². The average Bonchev–Trinajstić information content (AvgIpc) is 2.16. The molecule has 0 amide bonds. The Morgan fingerprint density at radius 2 is 1.53 bits per heavy atom. The van der Waals surface area contributed by atoms with Crippen molar-refractivity contribution in [1.82, 2.24) is 0 Å². The Hall–Kier alpha value is -1.25. The summed E-state index contributed by atoms with van der Waals surface area (Å²) < 4.78 is 23.6. The third-order valence-corrected chi connectivity index (χ3v) is 2.28. The highest BCUT2D eigenvalue weighted by molar-refractivity contribution is 5.45. The maximum Gasteiger partial charge on any atom is 0.165 e. The minimum atomic E-state index is -0.358. The predicted molar refractivity (Wildman–Crippen MR) is 58.2 cm³/mol. The van der Waals surface area contributed by atoms with E-state index in [4.69, 9.17) is 9.47 Å². The van der Waals surface area contributed by atoms with Gasteiger partial charge in [0.15, 0.2) is 11.6 Å². The summed E-state index contributed by atoms with van der Waals surface area (Å²) in [5.41, 5.74) is 0.682. The Bertz CT molecular complexity index is 353. The van der Waals surface area contributed by atoms with Crippen molar-refractivity contribution in [1.29, 1.82) is 0 Å². The first-order valence-electron chi connectivity index (χ1n) is 4.82. The molecule has 0 N–H and O–H groups in total. The molecule has 0 atom stereocenters. The van der Waals surface area contributed by atoms with Crippen LogP contribution >= 0.6 is 0 Å². The van der Waals surface area contributed by atoms with Crippen molar-refractivity contribution >= 4 is 0 Å². The zero-order valence-electron chi connectivity index (χ0n) is 9.85. The maximum absolute atomic E-state index is 13.5. The smallest absolute Gasteiger partial charge is 0.165 e. The molecule has 0 aliphatic carbocycles. The number of hydrogen-bond donors (Lipinski definition) is 0. The van der Waals surface area contributed by atoms with E-state index < -0.39 is 0 Å². The highest BCUT2D eigenvalue weighted by Gasteiger charge is 2.21. The van der Waals surface area contributed by atoms with E-state index in [0.29, 0.717) is 5.75 Å². The van der Waals surface area contributed by atoms with Gasteiger partial charge in [-0.25, -0.2) is 4.39 Å². The van der Waals surface area contributed by atoms with E-state index in [1.54, 1.807) is 13.2 Å². The molecule has 0 heterocycles. The lowest BCUT2D eigenvalue weighted by Gasteiger charge is -2.22. The first kappa shape index (κ1) is 11.8. The topological polar surface area (TPSA) is 18.5 Å². The van der Waals surface area contributed by atoms with Gasteiger partial charge < -0.3 is 9.47 Å². The fraction of sp³-hybridized carbons (Fsp3) is 0.500. The van der Waals surface area contributed by atoms with Gasteiger partial charge in [-0.3, -0.25) is 0 Å². The molecule has 0 saturated heterocycles. The zero-order chi connectivity index (χ0) is 11.6. The molecule has 0 radical (unpaired) electrons. The third kappa shape index (κ3) is 2.41. The highest BCUT2D eigenvalue weighted by Crippen LogP contribution is 2.35. The van der Waals surface area contributed by atoms with Crippen molar-refractivity contribution in [3.8, 4) is 11.5 Å². The quantitative estimate of drug-likeness (QED) is 0.749. The maximum atomic E-state index is 13.5. The second kappa shape index (κ2) is 4.09. The van der Waals surface area contributed by atoms with Crippen LogP contribution in [0, 0.1) is 5.82 Å². The Balaban J connectivity index is 3.34. The molecule has 0 unspecified atom stereocenters. The van der Waals surface area contributed by atoms with Crippen molar-refractivity contribution in [2.75, 3.05) is 14.2 Å². The number of halogens is 1. The molecular formula is C12H17FO2. The monoisotopic (exact) mass is 212 g/mol. The van der Waals surface area contributed by atoms with E-state index >= 15 is 0 Å². The first-order chi connectivity index (χ1) is 6.90. The van der Waals surface area contributed by atoms with Gasteiger partial charge in [-0.2, -0.15) is 0 Å². The summed E-state index contributed by atoms with van der Waals surface area (Å²) >= 11 is 0. The van der Waals surface area contributed by atoms with Crippen LogP contribution in [0.15, 0.2) is 12.1 Å². The summed E-state index contributed by atoms with van der Waals surface area (Å²) in [5, 5.41) is 0. The molecule has 1 aromatic carbocycles. The van der Waals surface area contributed by atoms with Crippen LogP contribution in [0.25, 0.3) is 0 Å². The molecule has 0 bridgehead atoms. The van der Waals surface area contributed by atoms with Crippen LogP contribution in [0.1, 0.15) is 26.3 Å². The van der Waals surface area contributed by atoms with Gasteiger partial charge in [-0.1, -0.05) is 20.8 Å². The molecule has 0 fully saturated rings. The number of benzene rings is 1. The van der Waals surface area contributed by atoms with Crippen LogP contribution in [0.3, 0.4) is 0 Å². The Kier molecular flexibility index (Phi) is 3.22. The van der Waals surface area contributed by atoms with Gasteiger partial charge in [0.05, 0.1) is 14.2 Å². The molecule has 0 spiro atoms. The molecule has 84 valence electrons. The fourth-order valence-electron chi connectivity index (χ4n) is 1.45. The summed E-state index contributed by atoms with van der Waals surface area (Å²) in [6, 6.07) is 3.05. The van der Waals surface area contributed by atoms with Crippen molar-refractivity contribution in [3.63, 3.8) is 0 Å². The average molecular weight is 212 g/mol. The van der Waals surface area contributed by atoms with Crippen LogP contribution in [-0.2, 0) is 5.41 Å². The fourth-order valence-corrected chi connectivity index (χ4v) is 1.45. The van der Waals surface area contributed by atoms with Crippen molar-refractivity contribution in [3.05, 3.63) is 23.5 Å². The molecular weight excluding hydrogens is 195 g/mol. The SMILES string of the molecule is COc1cc(OC)c(C(C)(C)C)cc1F. The van der Waals surface area contributed by atoms with E-state index in [-0.39, 0.29) is 17.0 Å². The van der Waals surface area contributed by atoms with Gasteiger partial charge in [-0.15, -0.1) is 0 Å². The standard InChI is InChI=1S/C12H17FO2/c1-12(2,3)8-6-9(13)11(15-5)7-10(8)14-4/h6-7H,1-5H3. The lowest BCUT2D eigenvalue weighted by atomic mass is 9.86. The van der Waals surface area contributed by atoms with Crippen LogP contribution < -0.4 is 9.47 Å². The van der Waals surface area contributed by atoms with Crippen LogP contribution in [0.2, 0.25) is 0 Å². The molecule has 1 rings (SSSR count). The second-order valence-electron chi connectivity index (χ2n) is 4.44. The summed E-state index contributed by atoms with van der Waals surface area (Å²) in [7, 11) is 3.01. The summed E-state index contributed by atoms with van der Waals surface area (Å²) in [6.07, 6.45) is 0. The van der Waals surface area contributed by atoms with E-state index in [0.717, 1.165) is 5.56 Å². The molecule has 0 aliphatic heterocycles. The van der Waals surface area contributed by atoms with Gasteiger partial charge >= 0.3 is 0 Å². The van der Waals surface area contributed by atoms with Gasteiger partial charge in [0.2, 0.25) is 0 Å². The normalized spacial score (nSPS) is 11.3. The molecule has 0 saturated carbocycles.